The Kier molecular flexibility index (Phi) is 3.95. The normalized spacial score (nSPS) is 37.6. The quantitative estimate of drug-likeness (QED) is 0.576. The number of ketones is 1. The highest BCUT2D eigenvalue weighted by Crippen LogP contribution is 2.51. The lowest BCUT2D eigenvalue weighted by Gasteiger charge is -2.41. The van der Waals surface area contributed by atoms with Crippen LogP contribution in [0.1, 0.15) is 40.5 Å². The summed E-state index contributed by atoms with van der Waals surface area (Å²) in [4.78, 5) is 36.0. The molecule has 21 heavy (non-hydrogen) atoms. The average Bonchev–Trinajstić information content (AvgIpc) is 2.72. The van der Waals surface area contributed by atoms with Gasteiger partial charge in [0.15, 0.2) is 0 Å². The van der Waals surface area contributed by atoms with Gasteiger partial charge in [0, 0.05) is 11.5 Å². The summed E-state index contributed by atoms with van der Waals surface area (Å²) in [5.74, 6) is -0.928. The second kappa shape index (κ2) is 5.28. The Hall–Kier alpha value is -1.65. The number of hydrogen-bond donors (Lipinski definition) is 0. The fourth-order valence-electron chi connectivity index (χ4n) is 3.59. The molecule has 0 aromatic heterocycles. The van der Waals surface area contributed by atoms with Crippen LogP contribution in [0, 0.1) is 17.3 Å². The predicted octanol–water partition coefficient (Wildman–Crippen LogP) is 2.04. The van der Waals surface area contributed by atoms with Crippen LogP contribution in [0.3, 0.4) is 0 Å². The van der Waals surface area contributed by atoms with Gasteiger partial charge in [-0.2, -0.15) is 0 Å². The third-order valence-corrected chi connectivity index (χ3v) is 5.18. The molecule has 0 aromatic carbocycles. The van der Waals surface area contributed by atoms with E-state index in [0.29, 0.717) is 17.6 Å². The molecule has 1 saturated heterocycles. The molecule has 0 spiro atoms. The van der Waals surface area contributed by atoms with Gasteiger partial charge < -0.3 is 9.47 Å². The maximum Gasteiger partial charge on any atom is 0.333 e. The van der Waals surface area contributed by atoms with E-state index in [9.17, 15) is 14.4 Å². The molecule has 2 rings (SSSR count). The van der Waals surface area contributed by atoms with Crippen LogP contribution < -0.4 is 0 Å². The maximum absolute atomic E-state index is 12.2. The number of rotatable bonds is 2. The van der Waals surface area contributed by atoms with Gasteiger partial charge in [-0.15, -0.1) is 0 Å². The van der Waals surface area contributed by atoms with Crippen LogP contribution in [-0.2, 0) is 23.9 Å². The third-order valence-electron chi connectivity index (χ3n) is 5.18. The van der Waals surface area contributed by atoms with E-state index in [1.165, 1.54) is 14.0 Å². The van der Waals surface area contributed by atoms with Gasteiger partial charge in [-0.25, -0.2) is 4.79 Å². The summed E-state index contributed by atoms with van der Waals surface area (Å²) >= 11 is 0. The molecule has 0 amide bonds. The summed E-state index contributed by atoms with van der Waals surface area (Å²) in [7, 11) is 1.31. The van der Waals surface area contributed by atoms with Crippen molar-refractivity contribution in [3.63, 3.8) is 0 Å². The van der Waals surface area contributed by atoms with Crippen molar-refractivity contribution in [1.82, 2.24) is 0 Å². The monoisotopic (exact) mass is 294 g/mol. The molecule has 2 fully saturated rings. The topological polar surface area (TPSA) is 69.7 Å². The highest BCUT2D eigenvalue weighted by molar-refractivity contribution is 5.94. The van der Waals surface area contributed by atoms with E-state index in [2.05, 4.69) is 0 Å². The average molecular weight is 294 g/mol. The van der Waals surface area contributed by atoms with E-state index in [0.717, 1.165) is 6.42 Å². The Morgan fingerprint density at radius 2 is 1.95 bits per heavy atom. The molecule has 4 atom stereocenters. The van der Waals surface area contributed by atoms with E-state index in [1.807, 2.05) is 13.8 Å². The first-order valence-corrected chi connectivity index (χ1v) is 7.25. The summed E-state index contributed by atoms with van der Waals surface area (Å²) < 4.78 is 10.3. The van der Waals surface area contributed by atoms with Crippen LogP contribution in [0.2, 0.25) is 0 Å². The third kappa shape index (κ3) is 2.28. The lowest BCUT2D eigenvalue weighted by molar-refractivity contribution is -0.144. The van der Waals surface area contributed by atoms with Crippen LogP contribution in [0.15, 0.2) is 11.1 Å². The van der Waals surface area contributed by atoms with E-state index in [4.69, 9.17) is 9.47 Å². The first kappa shape index (κ1) is 15.7. The van der Waals surface area contributed by atoms with Crippen molar-refractivity contribution in [3.8, 4) is 0 Å². The Labute approximate surface area is 124 Å². The summed E-state index contributed by atoms with van der Waals surface area (Å²) in [6, 6.07) is 0. The van der Waals surface area contributed by atoms with E-state index >= 15 is 0 Å². The molecule has 1 heterocycles. The molecule has 5 nitrogen and oxygen atoms in total. The number of Topliss-reactive ketones (excluding diaryl/α,β-unsaturated/α-hetero) is 1. The number of hydrogen-bond acceptors (Lipinski definition) is 5. The van der Waals surface area contributed by atoms with Gasteiger partial charge in [0.05, 0.1) is 18.4 Å². The Morgan fingerprint density at radius 3 is 2.48 bits per heavy atom. The SMILES string of the molecule is COC(=O)/C(C)=C1/[C@H]2OC(=O)[C@@H](C)[C@@H]2CC[C@@]1(C)C(C)=O. The molecular weight excluding hydrogens is 272 g/mol. The van der Waals surface area contributed by atoms with Crippen molar-refractivity contribution < 1.29 is 23.9 Å². The van der Waals surface area contributed by atoms with E-state index in [-0.39, 0.29) is 23.6 Å². The van der Waals surface area contributed by atoms with E-state index < -0.39 is 17.5 Å². The van der Waals surface area contributed by atoms with E-state index in [1.54, 1.807) is 6.92 Å². The van der Waals surface area contributed by atoms with Crippen LogP contribution in [-0.4, -0.2) is 30.9 Å². The summed E-state index contributed by atoms with van der Waals surface area (Å²) in [5, 5.41) is 0. The molecular formula is C16H22O5. The highest BCUT2D eigenvalue weighted by Gasteiger charge is 2.54. The van der Waals surface area contributed by atoms with Crippen molar-refractivity contribution in [2.24, 2.45) is 17.3 Å². The molecule has 1 aliphatic heterocycles. The first-order chi connectivity index (χ1) is 9.74. The van der Waals surface area contributed by atoms with Crippen LogP contribution in [0.5, 0.6) is 0 Å². The second-order valence-corrected chi connectivity index (χ2v) is 6.27. The number of carbonyl (C=O) groups is 3. The van der Waals surface area contributed by atoms with Crippen molar-refractivity contribution in [2.45, 2.75) is 46.6 Å². The smallest absolute Gasteiger partial charge is 0.333 e. The number of methoxy groups -OCH3 is 1. The molecule has 0 N–H and O–H groups in total. The lowest BCUT2D eigenvalue weighted by atomic mass is 9.62. The zero-order chi connectivity index (χ0) is 15.9. The van der Waals surface area contributed by atoms with Crippen molar-refractivity contribution in [3.05, 3.63) is 11.1 Å². The Morgan fingerprint density at radius 1 is 1.33 bits per heavy atom. The summed E-state index contributed by atoms with van der Waals surface area (Å²) in [6.07, 6.45) is 0.869. The largest absolute Gasteiger partial charge is 0.466 e. The zero-order valence-corrected chi connectivity index (χ0v) is 13.2. The summed E-state index contributed by atoms with van der Waals surface area (Å²) in [6.45, 7) is 6.82. The van der Waals surface area contributed by atoms with Crippen LogP contribution >= 0.6 is 0 Å². The van der Waals surface area contributed by atoms with Crippen molar-refractivity contribution >= 4 is 17.7 Å². The number of esters is 2. The molecule has 1 aliphatic carbocycles. The predicted molar refractivity (Wildman–Crippen MR) is 75.3 cm³/mol. The number of ether oxygens (including phenoxy) is 2. The minimum absolute atomic E-state index is 0.0187. The molecule has 0 bridgehead atoms. The minimum Gasteiger partial charge on any atom is -0.466 e. The van der Waals surface area contributed by atoms with Gasteiger partial charge in [-0.05, 0) is 39.2 Å². The standard InChI is InChI=1S/C16H22O5/c1-8-11-6-7-16(4,10(3)17)12(9(2)14(18)20-5)13(11)21-15(8)19/h8,11,13H,6-7H2,1-5H3/b12-9-/t8-,11-,13-,16-/m0/s1. The van der Waals surface area contributed by atoms with Gasteiger partial charge in [-0.1, -0.05) is 6.92 Å². The molecule has 0 aromatic rings. The highest BCUT2D eigenvalue weighted by atomic mass is 16.6. The molecule has 1 saturated carbocycles. The molecule has 2 aliphatic rings. The maximum atomic E-state index is 12.2. The van der Waals surface area contributed by atoms with Crippen LogP contribution in [0.25, 0.3) is 0 Å². The Balaban J connectivity index is 2.58. The lowest BCUT2D eigenvalue weighted by Crippen LogP contribution is -2.43. The fourth-order valence-corrected chi connectivity index (χ4v) is 3.59. The summed E-state index contributed by atoms with van der Waals surface area (Å²) in [5.41, 5.74) is 0.228. The minimum atomic E-state index is -0.774. The van der Waals surface area contributed by atoms with Crippen LogP contribution in [0.4, 0.5) is 0 Å². The van der Waals surface area contributed by atoms with Gasteiger partial charge in [-0.3, -0.25) is 9.59 Å². The second-order valence-electron chi connectivity index (χ2n) is 6.27. The molecule has 0 radical (unpaired) electrons. The van der Waals surface area contributed by atoms with Gasteiger partial charge in [0.2, 0.25) is 0 Å². The molecule has 116 valence electrons. The molecule has 5 heteroatoms. The van der Waals surface area contributed by atoms with Gasteiger partial charge >= 0.3 is 11.9 Å². The van der Waals surface area contributed by atoms with Gasteiger partial charge in [0.1, 0.15) is 11.9 Å². The number of carbonyl (C=O) groups excluding carboxylic acids is 3. The first-order valence-electron chi connectivity index (χ1n) is 7.25. The van der Waals surface area contributed by atoms with Crippen molar-refractivity contribution in [1.29, 1.82) is 0 Å². The Bertz CT molecular complexity index is 533. The van der Waals surface area contributed by atoms with Crippen molar-refractivity contribution in [2.75, 3.05) is 7.11 Å². The number of fused-ring (bicyclic) bond motifs is 1. The molecule has 0 unspecified atom stereocenters. The zero-order valence-electron chi connectivity index (χ0n) is 13.2. The van der Waals surface area contributed by atoms with Gasteiger partial charge in [0.25, 0.3) is 0 Å². The fraction of sp³-hybridized carbons (Fsp3) is 0.688.